The van der Waals surface area contributed by atoms with E-state index in [9.17, 15) is 8.42 Å². The van der Waals surface area contributed by atoms with Crippen LogP contribution in [0.1, 0.15) is 5.56 Å². The molecular weight excluding hydrogens is 310 g/mol. The molecule has 114 valence electrons. The maximum atomic E-state index is 12.5. The van der Waals surface area contributed by atoms with Crippen LogP contribution >= 0.6 is 12.4 Å². The van der Waals surface area contributed by atoms with E-state index in [1.807, 2.05) is 30.3 Å². The quantitative estimate of drug-likeness (QED) is 0.885. The maximum Gasteiger partial charge on any atom is 0.243 e. The molecule has 0 aliphatic carbocycles. The highest BCUT2D eigenvalue weighted by Crippen LogP contribution is 2.17. The van der Waals surface area contributed by atoms with Gasteiger partial charge in [-0.15, -0.1) is 12.4 Å². The van der Waals surface area contributed by atoms with Gasteiger partial charge in [0.05, 0.1) is 11.5 Å². The zero-order valence-corrected chi connectivity index (χ0v) is 13.1. The van der Waals surface area contributed by atoms with Gasteiger partial charge in [0.1, 0.15) is 0 Å². The molecule has 0 atom stereocenters. The smallest absolute Gasteiger partial charge is 0.243 e. The summed E-state index contributed by atoms with van der Waals surface area (Å²) < 4.78 is 26.4. The summed E-state index contributed by atoms with van der Waals surface area (Å²) in [6.45, 7) is 0.115. The summed E-state index contributed by atoms with van der Waals surface area (Å²) in [7, 11) is -3.59. The third kappa shape index (κ3) is 4.54. The summed E-state index contributed by atoms with van der Waals surface area (Å²) in [6.07, 6.45) is 0. The Morgan fingerprint density at radius 1 is 0.905 bits per heavy atom. The first-order valence-corrected chi connectivity index (χ1v) is 7.78. The number of hydrogen-bond acceptors (Lipinski definition) is 3. The van der Waals surface area contributed by atoms with Crippen LogP contribution in [0.2, 0.25) is 0 Å². The summed E-state index contributed by atoms with van der Waals surface area (Å²) in [5.74, 6) is 0. The third-order valence-corrected chi connectivity index (χ3v) is 4.79. The minimum absolute atomic E-state index is 0. The molecule has 0 radical (unpaired) electrons. The highest BCUT2D eigenvalue weighted by molar-refractivity contribution is 7.89. The molecule has 0 heterocycles. The molecule has 0 fully saturated rings. The van der Waals surface area contributed by atoms with Gasteiger partial charge >= 0.3 is 0 Å². The molecule has 2 aromatic carbocycles. The lowest BCUT2D eigenvalue weighted by Crippen LogP contribution is -2.33. The molecule has 0 unspecified atom stereocenters. The molecule has 0 aliphatic rings. The number of sulfonamides is 1. The minimum Gasteiger partial charge on any atom is -0.395 e. The summed E-state index contributed by atoms with van der Waals surface area (Å²) in [4.78, 5) is 0.240. The summed E-state index contributed by atoms with van der Waals surface area (Å²) in [5.41, 5.74) is 0.889. The second kappa shape index (κ2) is 8.14. The van der Waals surface area contributed by atoms with Crippen LogP contribution in [-0.4, -0.2) is 31.0 Å². The second-order valence-electron chi connectivity index (χ2n) is 4.36. The van der Waals surface area contributed by atoms with Gasteiger partial charge in [-0.05, 0) is 17.7 Å². The average Bonchev–Trinajstić information content (AvgIpc) is 2.49. The van der Waals surface area contributed by atoms with Crippen molar-refractivity contribution in [1.82, 2.24) is 4.31 Å². The van der Waals surface area contributed by atoms with Crippen molar-refractivity contribution in [2.75, 3.05) is 13.2 Å². The second-order valence-corrected chi connectivity index (χ2v) is 6.30. The lowest BCUT2D eigenvalue weighted by Gasteiger charge is -2.21. The molecule has 6 heteroatoms. The molecule has 0 saturated carbocycles. The van der Waals surface area contributed by atoms with Crippen molar-refractivity contribution in [1.29, 1.82) is 0 Å². The predicted octanol–water partition coefficient (Wildman–Crippen LogP) is 2.29. The summed E-state index contributed by atoms with van der Waals surface area (Å²) in [6, 6.07) is 17.6. The van der Waals surface area contributed by atoms with Crippen LogP contribution in [0.5, 0.6) is 0 Å². The van der Waals surface area contributed by atoms with E-state index < -0.39 is 10.0 Å². The standard InChI is InChI=1S/C15H17NO3S.ClH/c17-12-11-16(13-14-7-3-1-4-8-14)20(18,19)15-9-5-2-6-10-15;/h1-10,17H,11-13H2;1H. The van der Waals surface area contributed by atoms with Crippen LogP contribution < -0.4 is 0 Å². The van der Waals surface area contributed by atoms with Crippen molar-refractivity contribution < 1.29 is 13.5 Å². The lowest BCUT2D eigenvalue weighted by molar-refractivity contribution is 0.251. The summed E-state index contributed by atoms with van der Waals surface area (Å²) in [5, 5.41) is 9.12. The van der Waals surface area contributed by atoms with Crippen molar-refractivity contribution in [3.63, 3.8) is 0 Å². The fourth-order valence-corrected chi connectivity index (χ4v) is 3.36. The molecule has 0 aliphatic heterocycles. The van der Waals surface area contributed by atoms with Gasteiger partial charge in [-0.25, -0.2) is 8.42 Å². The fraction of sp³-hybridized carbons (Fsp3) is 0.200. The van der Waals surface area contributed by atoms with Crippen molar-refractivity contribution in [3.05, 3.63) is 66.2 Å². The number of hydrogen-bond donors (Lipinski definition) is 1. The topological polar surface area (TPSA) is 57.6 Å². The molecule has 2 aromatic rings. The molecule has 21 heavy (non-hydrogen) atoms. The van der Waals surface area contributed by atoms with Crippen LogP contribution in [0, 0.1) is 0 Å². The Morgan fingerprint density at radius 3 is 1.95 bits per heavy atom. The van der Waals surface area contributed by atoms with Gasteiger partial charge < -0.3 is 5.11 Å². The van der Waals surface area contributed by atoms with Crippen molar-refractivity contribution >= 4 is 22.4 Å². The number of aliphatic hydroxyl groups is 1. The van der Waals surface area contributed by atoms with Crippen LogP contribution in [-0.2, 0) is 16.6 Å². The number of aliphatic hydroxyl groups excluding tert-OH is 1. The normalized spacial score (nSPS) is 11.1. The molecule has 4 nitrogen and oxygen atoms in total. The molecule has 0 saturated heterocycles. The van der Waals surface area contributed by atoms with E-state index in [2.05, 4.69) is 0 Å². The minimum atomic E-state index is -3.59. The van der Waals surface area contributed by atoms with Crippen LogP contribution in [0.25, 0.3) is 0 Å². The molecule has 0 spiro atoms. The molecule has 2 rings (SSSR count). The largest absolute Gasteiger partial charge is 0.395 e. The highest BCUT2D eigenvalue weighted by Gasteiger charge is 2.23. The average molecular weight is 328 g/mol. The van der Waals surface area contributed by atoms with Gasteiger partial charge in [-0.1, -0.05) is 48.5 Å². The molecule has 0 bridgehead atoms. The zero-order valence-electron chi connectivity index (χ0n) is 11.4. The van der Waals surface area contributed by atoms with Gasteiger partial charge in [0, 0.05) is 13.1 Å². The Bertz CT molecular complexity index is 632. The predicted molar refractivity (Wildman–Crippen MR) is 84.8 cm³/mol. The van der Waals surface area contributed by atoms with E-state index in [0.29, 0.717) is 0 Å². The Morgan fingerprint density at radius 2 is 1.43 bits per heavy atom. The van der Waals surface area contributed by atoms with Gasteiger partial charge in [-0.2, -0.15) is 4.31 Å². The van der Waals surface area contributed by atoms with Gasteiger partial charge in [-0.3, -0.25) is 0 Å². The molecule has 0 aromatic heterocycles. The Labute approximate surface area is 131 Å². The maximum absolute atomic E-state index is 12.5. The number of benzene rings is 2. The molecule has 1 N–H and O–H groups in total. The zero-order chi connectivity index (χ0) is 14.4. The van der Waals surface area contributed by atoms with E-state index >= 15 is 0 Å². The number of nitrogens with zero attached hydrogens (tertiary/aromatic N) is 1. The number of rotatable bonds is 6. The van der Waals surface area contributed by atoms with Gasteiger partial charge in [0.2, 0.25) is 10.0 Å². The number of halogens is 1. The van der Waals surface area contributed by atoms with Crippen LogP contribution in [0.4, 0.5) is 0 Å². The highest BCUT2D eigenvalue weighted by atomic mass is 35.5. The van der Waals surface area contributed by atoms with Crippen LogP contribution in [0.3, 0.4) is 0 Å². The van der Waals surface area contributed by atoms with E-state index in [0.717, 1.165) is 5.56 Å². The first-order valence-electron chi connectivity index (χ1n) is 6.34. The van der Waals surface area contributed by atoms with E-state index in [1.54, 1.807) is 30.3 Å². The summed E-state index contributed by atoms with van der Waals surface area (Å²) >= 11 is 0. The Balaban J connectivity index is 0.00000220. The van der Waals surface area contributed by atoms with Crippen molar-refractivity contribution in [3.8, 4) is 0 Å². The third-order valence-electron chi connectivity index (χ3n) is 2.93. The monoisotopic (exact) mass is 327 g/mol. The van der Waals surface area contributed by atoms with E-state index in [1.165, 1.54) is 4.31 Å². The van der Waals surface area contributed by atoms with E-state index in [-0.39, 0.29) is 37.0 Å². The van der Waals surface area contributed by atoms with Crippen LogP contribution in [0.15, 0.2) is 65.6 Å². The van der Waals surface area contributed by atoms with Crippen molar-refractivity contribution in [2.24, 2.45) is 0 Å². The van der Waals surface area contributed by atoms with Gasteiger partial charge in [0.25, 0.3) is 0 Å². The van der Waals surface area contributed by atoms with E-state index in [4.69, 9.17) is 5.11 Å². The first-order chi connectivity index (χ1) is 9.64. The molecule has 0 amide bonds. The first kappa shape index (κ1) is 17.7. The molecular formula is C15H18ClNO3S. The lowest BCUT2D eigenvalue weighted by atomic mass is 10.2. The SMILES string of the molecule is Cl.O=S(=O)(c1ccccc1)N(CCO)Cc1ccccc1. The Hall–Kier alpha value is -1.40. The van der Waals surface area contributed by atoms with Crippen molar-refractivity contribution in [2.45, 2.75) is 11.4 Å². The Kier molecular flexibility index (Phi) is 6.84. The fourth-order valence-electron chi connectivity index (χ4n) is 1.92. The van der Waals surface area contributed by atoms with Gasteiger partial charge in [0.15, 0.2) is 0 Å².